The molecule has 3 N–H and O–H groups in total. The van der Waals surface area contributed by atoms with Gasteiger partial charge in [-0.2, -0.15) is 13.2 Å². The number of hydrogen-bond donors (Lipinski definition) is 2. The van der Waals surface area contributed by atoms with Gasteiger partial charge in [-0.3, -0.25) is 9.69 Å². The Morgan fingerprint density at radius 3 is 2.64 bits per heavy atom. The number of carbonyl (C=O) groups is 1. The highest BCUT2D eigenvalue weighted by Gasteiger charge is 2.45. The van der Waals surface area contributed by atoms with Gasteiger partial charge in [0, 0.05) is 40.8 Å². The molecule has 11 heteroatoms. The van der Waals surface area contributed by atoms with Crippen molar-refractivity contribution in [2.24, 2.45) is 11.1 Å². The largest absolute Gasteiger partial charge is 0.393 e. The van der Waals surface area contributed by atoms with Crippen LogP contribution in [-0.2, 0) is 13.0 Å². The lowest BCUT2D eigenvalue weighted by Gasteiger charge is -2.54. The van der Waals surface area contributed by atoms with Crippen LogP contribution in [0.4, 0.5) is 19.0 Å². The second-order valence-electron chi connectivity index (χ2n) is 10.0. The average Bonchev–Trinajstić information content (AvgIpc) is 3.40. The molecular formula is C25H25F3N6OS. The first-order valence-electron chi connectivity index (χ1n) is 11.9. The smallest absolute Gasteiger partial charge is 0.364 e. The predicted molar refractivity (Wildman–Crippen MR) is 133 cm³/mol. The highest BCUT2D eigenvalue weighted by Crippen LogP contribution is 2.44. The molecule has 2 saturated heterocycles. The highest BCUT2D eigenvalue weighted by molar-refractivity contribution is 7.18. The lowest BCUT2D eigenvalue weighted by atomic mass is 9.72. The van der Waals surface area contributed by atoms with Gasteiger partial charge in [0.15, 0.2) is 0 Å². The summed E-state index contributed by atoms with van der Waals surface area (Å²) >= 11 is 1.09. The van der Waals surface area contributed by atoms with Gasteiger partial charge in [-0.25, -0.2) is 9.97 Å². The van der Waals surface area contributed by atoms with Gasteiger partial charge in [0.25, 0.3) is 5.91 Å². The maximum absolute atomic E-state index is 12.9. The van der Waals surface area contributed by atoms with Crippen LogP contribution in [0.15, 0.2) is 36.7 Å². The highest BCUT2D eigenvalue weighted by atomic mass is 32.1. The Hall–Kier alpha value is -3.18. The topological polar surface area (TPSA) is 91.1 Å². The number of fused-ring (bicyclic) bond motifs is 2. The molecule has 36 heavy (non-hydrogen) atoms. The molecule has 7 nitrogen and oxygen atoms in total. The summed E-state index contributed by atoms with van der Waals surface area (Å²) < 4.78 is 38.6. The monoisotopic (exact) mass is 514 g/mol. The molecule has 0 atom stereocenters. The summed E-state index contributed by atoms with van der Waals surface area (Å²) in [6.45, 7) is 4.54. The number of halogens is 3. The Kier molecular flexibility index (Phi) is 5.45. The van der Waals surface area contributed by atoms with Gasteiger partial charge < -0.3 is 15.6 Å². The van der Waals surface area contributed by atoms with Crippen LogP contribution < -0.4 is 10.6 Å². The number of nitrogens with one attached hydrogen (secondary N) is 1. The summed E-state index contributed by atoms with van der Waals surface area (Å²) in [5, 5.41) is 1.70. The van der Waals surface area contributed by atoms with Gasteiger partial charge in [0.2, 0.25) is 0 Å². The molecule has 3 aromatic heterocycles. The molecule has 6 rings (SSSR count). The van der Waals surface area contributed by atoms with Crippen LogP contribution >= 0.6 is 11.3 Å². The quantitative estimate of drug-likeness (QED) is 0.410. The van der Waals surface area contributed by atoms with Gasteiger partial charge in [0.1, 0.15) is 22.7 Å². The number of carbonyl (C=O) groups excluding carboxylic acids is 1. The van der Waals surface area contributed by atoms with Crippen LogP contribution in [0, 0.1) is 5.41 Å². The van der Waals surface area contributed by atoms with Gasteiger partial charge in [0.05, 0.1) is 11.8 Å². The number of nitrogens with two attached hydrogens (primary N) is 1. The van der Waals surface area contributed by atoms with E-state index in [4.69, 9.17) is 5.73 Å². The summed E-state index contributed by atoms with van der Waals surface area (Å²) in [7, 11) is 0. The molecule has 1 aromatic carbocycles. The number of benzene rings is 1. The molecule has 5 heterocycles. The number of hydrogen-bond acceptors (Lipinski definition) is 6. The zero-order valence-corrected chi connectivity index (χ0v) is 20.3. The molecule has 188 valence electrons. The molecule has 2 aliphatic heterocycles. The molecule has 1 amide bonds. The van der Waals surface area contributed by atoms with Gasteiger partial charge in [-0.1, -0.05) is 6.07 Å². The second-order valence-corrected chi connectivity index (χ2v) is 11.1. The fraction of sp³-hybridized carbons (Fsp3) is 0.400. The molecule has 0 aliphatic carbocycles. The number of aromatic amines is 1. The van der Waals surface area contributed by atoms with Crippen molar-refractivity contribution < 1.29 is 18.0 Å². The Bertz CT molecular complexity index is 1450. The first-order valence-corrected chi connectivity index (χ1v) is 12.7. The molecule has 0 unspecified atom stereocenters. The number of anilines is 1. The first kappa shape index (κ1) is 23.2. The van der Waals surface area contributed by atoms with Crippen molar-refractivity contribution in [3.05, 3.63) is 52.8 Å². The number of alkyl halides is 3. The fourth-order valence-corrected chi connectivity index (χ4v) is 6.54. The maximum atomic E-state index is 12.9. The van der Waals surface area contributed by atoms with Gasteiger partial charge in [-0.15, -0.1) is 11.3 Å². The molecule has 1 spiro atoms. The third kappa shape index (κ3) is 4.41. The predicted octanol–water partition coefficient (Wildman–Crippen LogP) is 4.48. The summed E-state index contributed by atoms with van der Waals surface area (Å²) in [5.74, 6) is 0.278. The van der Waals surface area contributed by atoms with E-state index in [2.05, 4.69) is 36.9 Å². The maximum Gasteiger partial charge on any atom is 0.393 e. The van der Waals surface area contributed by atoms with Crippen molar-refractivity contribution in [3.8, 4) is 0 Å². The Morgan fingerprint density at radius 2 is 1.92 bits per heavy atom. The van der Waals surface area contributed by atoms with Crippen molar-refractivity contribution >= 4 is 44.2 Å². The molecule has 0 saturated carbocycles. The van der Waals surface area contributed by atoms with Crippen molar-refractivity contribution in [2.45, 2.75) is 32.0 Å². The number of aromatic nitrogens is 3. The lowest BCUT2D eigenvalue weighted by molar-refractivity contribution is -0.126. The normalized spacial score (nSPS) is 18.2. The summed E-state index contributed by atoms with van der Waals surface area (Å²) in [4.78, 5) is 28.6. The van der Waals surface area contributed by atoms with E-state index in [1.54, 1.807) is 12.1 Å². The van der Waals surface area contributed by atoms with E-state index in [-0.39, 0.29) is 10.3 Å². The average molecular weight is 515 g/mol. The van der Waals surface area contributed by atoms with Crippen LogP contribution in [0.2, 0.25) is 0 Å². The third-order valence-electron chi connectivity index (χ3n) is 7.36. The summed E-state index contributed by atoms with van der Waals surface area (Å²) in [6.07, 6.45) is -1.58. The number of primary amides is 1. The number of rotatable bonds is 5. The zero-order valence-electron chi connectivity index (χ0n) is 19.4. The Labute approximate surface area is 209 Å². The second kappa shape index (κ2) is 8.45. The van der Waals surface area contributed by atoms with E-state index >= 15 is 0 Å². The SMILES string of the molecule is NC(=O)c1cc2cc(CN3CCC4(CC3)CN(c3ncnc5sc(CC(F)(F)F)cc35)C4)ccc2[nH]1. The van der Waals surface area contributed by atoms with E-state index in [0.29, 0.717) is 15.9 Å². The number of amides is 1. The van der Waals surface area contributed by atoms with Crippen LogP contribution in [0.3, 0.4) is 0 Å². The van der Waals surface area contributed by atoms with Gasteiger partial charge >= 0.3 is 6.18 Å². The number of thiophene rings is 1. The molecule has 2 aliphatic rings. The van der Waals surface area contributed by atoms with E-state index in [1.807, 2.05) is 6.07 Å². The van der Waals surface area contributed by atoms with Crippen molar-refractivity contribution in [2.75, 3.05) is 31.1 Å². The first-order chi connectivity index (χ1) is 17.2. The number of H-pyrrole nitrogens is 1. The minimum atomic E-state index is -4.23. The molecular weight excluding hydrogens is 489 g/mol. The lowest BCUT2D eigenvalue weighted by Crippen LogP contribution is -2.60. The minimum Gasteiger partial charge on any atom is -0.364 e. The Balaban J connectivity index is 1.08. The van der Waals surface area contributed by atoms with Crippen LogP contribution in [0.25, 0.3) is 21.1 Å². The van der Waals surface area contributed by atoms with E-state index in [0.717, 1.165) is 73.6 Å². The molecule has 0 bridgehead atoms. The third-order valence-corrected chi connectivity index (χ3v) is 8.40. The van der Waals surface area contributed by atoms with E-state index < -0.39 is 18.5 Å². The fourth-order valence-electron chi connectivity index (χ4n) is 5.52. The van der Waals surface area contributed by atoms with Crippen LogP contribution in [-0.4, -0.2) is 58.1 Å². The molecule has 2 fully saturated rings. The minimum absolute atomic E-state index is 0.222. The van der Waals surface area contributed by atoms with Crippen molar-refractivity contribution in [3.63, 3.8) is 0 Å². The molecule has 4 aromatic rings. The summed E-state index contributed by atoms with van der Waals surface area (Å²) in [6, 6.07) is 9.55. The van der Waals surface area contributed by atoms with Crippen LogP contribution in [0.5, 0.6) is 0 Å². The zero-order chi connectivity index (χ0) is 25.1. The standard InChI is InChI=1S/C25H25F3N6OS/c26-25(27,28)10-17-9-18-22(30-14-31-23(18)36-17)34-12-24(13-34)3-5-33(6-4-24)11-15-1-2-19-16(7-15)8-20(32-19)21(29)35/h1-2,7-9,14,32H,3-6,10-13H2,(H2,29,35). The Morgan fingerprint density at radius 1 is 1.14 bits per heavy atom. The van der Waals surface area contributed by atoms with E-state index in [1.165, 1.54) is 11.9 Å². The van der Waals surface area contributed by atoms with Crippen LogP contribution in [0.1, 0.15) is 33.8 Å². The van der Waals surface area contributed by atoms with Crippen molar-refractivity contribution in [1.29, 1.82) is 0 Å². The summed E-state index contributed by atoms with van der Waals surface area (Å²) in [5.41, 5.74) is 8.10. The van der Waals surface area contributed by atoms with E-state index in [9.17, 15) is 18.0 Å². The number of nitrogens with zero attached hydrogens (tertiary/aromatic N) is 4. The molecule has 0 radical (unpaired) electrons. The van der Waals surface area contributed by atoms with Gasteiger partial charge in [-0.05, 0) is 55.8 Å². The van der Waals surface area contributed by atoms with Crippen molar-refractivity contribution in [1.82, 2.24) is 19.9 Å². The number of piperidine rings is 1. The number of likely N-dealkylation sites (tertiary alicyclic amines) is 1.